The lowest BCUT2D eigenvalue weighted by Gasteiger charge is -2.19. The largest absolute Gasteiger partial charge is 0.479 e. The van der Waals surface area contributed by atoms with Gasteiger partial charge in [-0.25, -0.2) is 4.79 Å². The molecule has 2 aromatic rings. The number of nitriles is 1. The van der Waals surface area contributed by atoms with Crippen LogP contribution < -0.4 is 10.1 Å². The van der Waals surface area contributed by atoms with Crippen LogP contribution in [0.3, 0.4) is 0 Å². The molecule has 1 amide bonds. The van der Waals surface area contributed by atoms with Gasteiger partial charge < -0.3 is 14.8 Å². The van der Waals surface area contributed by atoms with Gasteiger partial charge in [-0.05, 0) is 70.0 Å². The maximum Gasteiger partial charge on any atom is 0.347 e. The van der Waals surface area contributed by atoms with Crippen molar-refractivity contribution in [3.63, 3.8) is 0 Å². The number of carbonyl (C=O) groups excluding carboxylic acids is 2. The van der Waals surface area contributed by atoms with E-state index in [0.29, 0.717) is 11.3 Å². The fourth-order valence-corrected chi connectivity index (χ4v) is 2.79. The monoisotopic (exact) mass is 380 g/mol. The Kier molecular flexibility index (Phi) is 6.78. The van der Waals surface area contributed by atoms with Gasteiger partial charge in [0, 0.05) is 5.69 Å². The van der Waals surface area contributed by atoms with Gasteiger partial charge in [0.25, 0.3) is 5.91 Å². The predicted octanol–water partition coefficient (Wildman–Crippen LogP) is 3.82. The number of nitrogens with zero attached hydrogens (tertiary/aromatic N) is 1. The molecule has 6 nitrogen and oxygen atoms in total. The summed E-state index contributed by atoms with van der Waals surface area (Å²) in [7, 11) is 0. The van der Waals surface area contributed by atoms with Gasteiger partial charge in [0.2, 0.25) is 0 Å². The van der Waals surface area contributed by atoms with Gasteiger partial charge in [-0.15, -0.1) is 0 Å². The fraction of sp³-hybridized carbons (Fsp3) is 0.318. The Morgan fingerprint density at radius 1 is 1.00 bits per heavy atom. The van der Waals surface area contributed by atoms with Crippen molar-refractivity contribution >= 4 is 17.6 Å². The zero-order valence-corrected chi connectivity index (χ0v) is 16.7. The van der Waals surface area contributed by atoms with Crippen LogP contribution in [0.25, 0.3) is 0 Å². The Morgan fingerprint density at radius 2 is 1.57 bits per heavy atom. The molecule has 0 fully saturated rings. The van der Waals surface area contributed by atoms with E-state index in [0.717, 1.165) is 22.4 Å². The molecular formula is C22H24N2O4. The van der Waals surface area contributed by atoms with Gasteiger partial charge in [0.15, 0.2) is 12.2 Å². The van der Waals surface area contributed by atoms with Gasteiger partial charge >= 0.3 is 5.97 Å². The van der Waals surface area contributed by atoms with E-state index in [4.69, 9.17) is 14.7 Å². The zero-order valence-electron chi connectivity index (χ0n) is 16.7. The van der Waals surface area contributed by atoms with Crippen molar-refractivity contribution in [2.24, 2.45) is 0 Å². The molecule has 0 saturated carbocycles. The Morgan fingerprint density at radius 3 is 2.11 bits per heavy atom. The van der Waals surface area contributed by atoms with Crippen LogP contribution in [0.1, 0.15) is 36.1 Å². The third-order valence-corrected chi connectivity index (χ3v) is 4.22. The maximum atomic E-state index is 12.4. The first kappa shape index (κ1) is 21.0. The first-order valence-electron chi connectivity index (χ1n) is 8.97. The third-order valence-electron chi connectivity index (χ3n) is 4.22. The lowest BCUT2D eigenvalue weighted by molar-refractivity contribution is -0.159. The second-order valence-electron chi connectivity index (χ2n) is 6.74. The molecule has 1 N–H and O–H groups in total. The van der Waals surface area contributed by atoms with Crippen LogP contribution in [0.5, 0.6) is 5.75 Å². The normalized spacial score (nSPS) is 12.4. The van der Waals surface area contributed by atoms with E-state index in [1.165, 1.54) is 6.92 Å². The minimum Gasteiger partial charge on any atom is -0.479 e. The Labute approximate surface area is 165 Å². The third kappa shape index (κ3) is 5.34. The van der Waals surface area contributed by atoms with Crippen LogP contribution in [0, 0.1) is 32.1 Å². The van der Waals surface area contributed by atoms with Crippen molar-refractivity contribution in [2.75, 3.05) is 5.32 Å². The molecule has 28 heavy (non-hydrogen) atoms. The second kappa shape index (κ2) is 9.05. The van der Waals surface area contributed by atoms with Gasteiger partial charge in [-0.2, -0.15) is 5.26 Å². The number of anilines is 1. The number of carbonyl (C=O) groups is 2. The fourth-order valence-electron chi connectivity index (χ4n) is 2.79. The summed E-state index contributed by atoms with van der Waals surface area (Å²) in [6.45, 7) is 8.88. The molecule has 0 bridgehead atoms. The molecule has 0 saturated heterocycles. The number of nitrogens with one attached hydrogen (secondary N) is 1. The van der Waals surface area contributed by atoms with Gasteiger partial charge in [-0.1, -0.05) is 17.7 Å². The highest BCUT2D eigenvalue weighted by Crippen LogP contribution is 2.22. The molecule has 0 unspecified atom stereocenters. The van der Waals surface area contributed by atoms with Crippen molar-refractivity contribution in [2.45, 2.75) is 46.8 Å². The summed E-state index contributed by atoms with van der Waals surface area (Å²) in [5.41, 5.74) is 4.22. The number of hydrogen-bond acceptors (Lipinski definition) is 5. The number of aryl methyl sites for hydroxylation is 3. The summed E-state index contributed by atoms with van der Waals surface area (Å²) in [6.07, 6.45) is -1.87. The minimum absolute atomic E-state index is 0.408. The number of amides is 1. The van der Waals surface area contributed by atoms with E-state index in [1.54, 1.807) is 31.2 Å². The quantitative estimate of drug-likeness (QED) is 0.770. The van der Waals surface area contributed by atoms with Crippen molar-refractivity contribution in [1.29, 1.82) is 5.26 Å². The summed E-state index contributed by atoms with van der Waals surface area (Å²) in [6, 6.07) is 12.3. The van der Waals surface area contributed by atoms with Crippen LogP contribution in [-0.2, 0) is 14.3 Å². The Balaban J connectivity index is 1.95. The molecule has 146 valence electrons. The van der Waals surface area contributed by atoms with Gasteiger partial charge in [0.1, 0.15) is 5.75 Å². The average Bonchev–Trinajstić information content (AvgIpc) is 2.64. The average molecular weight is 380 g/mol. The molecule has 0 aliphatic heterocycles. The van der Waals surface area contributed by atoms with Crippen molar-refractivity contribution in [3.05, 3.63) is 58.7 Å². The maximum absolute atomic E-state index is 12.4. The molecule has 2 atom stereocenters. The standard InChI is InChI=1S/C22H24N2O4/c1-13-10-14(2)20(15(3)11-13)24-21(25)16(4)28-22(26)17(5)27-19-8-6-18(12-23)7-9-19/h6-11,16-17H,1-5H3,(H,24,25)/t16-,17-/m0/s1. The Hall–Kier alpha value is -3.33. The summed E-state index contributed by atoms with van der Waals surface area (Å²) in [4.78, 5) is 24.7. The minimum atomic E-state index is -0.973. The summed E-state index contributed by atoms with van der Waals surface area (Å²) < 4.78 is 10.7. The highest BCUT2D eigenvalue weighted by molar-refractivity contribution is 5.96. The summed E-state index contributed by atoms with van der Waals surface area (Å²) >= 11 is 0. The van der Waals surface area contributed by atoms with Crippen LogP contribution in [0.15, 0.2) is 36.4 Å². The van der Waals surface area contributed by atoms with E-state index in [-0.39, 0.29) is 0 Å². The molecule has 0 aliphatic carbocycles. The molecule has 6 heteroatoms. The van der Waals surface area contributed by atoms with E-state index < -0.39 is 24.1 Å². The number of rotatable bonds is 6. The highest BCUT2D eigenvalue weighted by Gasteiger charge is 2.24. The van der Waals surface area contributed by atoms with Crippen LogP contribution in [0.4, 0.5) is 5.69 Å². The highest BCUT2D eigenvalue weighted by atomic mass is 16.6. The van der Waals surface area contributed by atoms with Crippen LogP contribution in [-0.4, -0.2) is 24.1 Å². The zero-order chi connectivity index (χ0) is 20.8. The van der Waals surface area contributed by atoms with Crippen LogP contribution >= 0.6 is 0 Å². The number of hydrogen-bond donors (Lipinski definition) is 1. The second-order valence-corrected chi connectivity index (χ2v) is 6.74. The molecular weight excluding hydrogens is 356 g/mol. The SMILES string of the molecule is Cc1cc(C)c(NC(=O)[C@H](C)OC(=O)[C@H](C)Oc2ccc(C#N)cc2)c(C)c1. The van der Waals surface area contributed by atoms with Crippen molar-refractivity contribution in [3.8, 4) is 11.8 Å². The van der Waals surface area contributed by atoms with Crippen molar-refractivity contribution in [1.82, 2.24) is 0 Å². The molecule has 0 heterocycles. The van der Waals surface area contributed by atoms with Crippen LogP contribution in [0.2, 0.25) is 0 Å². The Bertz CT molecular complexity index is 890. The number of ether oxygens (including phenoxy) is 2. The van der Waals surface area contributed by atoms with E-state index in [2.05, 4.69) is 5.32 Å². The first-order chi connectivity index (χ1) is 13.2. The molecule has 0 aromatic heterocycles. The van der Waals surface area contributed by atoms with E-state index >= 15 is 0 Å². The molecule has 2 rings (SSSR count). The first-order valence-corrected chi connectivity index (χ1v) is 8.97. The molecule has 2 aromatic carbocycles. The van der Waals surface area contributed by atoms with Gasteiger partial charge in [0.05, 0.1) is 11.6 Å². The topological polar surface area (TPSA) is 88.4 Å². The summed E-state index contributed by atoms with van der Waals surface area (Å²) in [5, 5.41) is 11.6. The summed E-state index contributed by atoms with van der Waals surface area (Å²) in [5.74, 6) is -0.621. The van der Waals surface area contributed by atoms with Crippen molar-refractivity contribution < 1.29 is 19.1 Å². The van der Waals surface area contributed by atoms with E-state index in [1.807, 2.05) is 39.0 Å². The molecule has 0 spiro atoms. The lowest BCUT2D eigenvalue weighted by Crippen LogP contribution is -2.35. The molecule has 0 aliphatic rings. The van der Waals surface area contributed by atoms with Gasteiger partial charge in [-0.3, -0.25) is 4.79 Å². The number of benzene rings is 2. The molecule has 0 radical (unpaired) electrons. The smallest absolute Gasteiger partial charge is 0.347 e. The lowest BCUT2D eigenvalue weighted by atomic mass is 10.0. The predicted molar refractivity (Wildman–Crippen MR) is 106 cm³/mol. The number of esters is 1. The van der Waals surface area contributed by atoms with E-state index in [9.17, 15) is 9.59 Å².